The summed E-state index contributed by atoms with van der Waals surface area (Å²) in [7, 11) is 1.60. The maximum atomic E-state index is 9.87. The molecule has 0 aliphatic heterocycles. The lowest BCUT2D eigenvalue weighted by Crippen LogP contribution is -2.10. The number of nitrogens with zero attached hydrogens (tertiary/aromatic N) is 1. The lowest BCUT2D eigenvalue weighted by Gasteiger charge is -2.10. The molecule has 0 saturated carbocycles. The summed E-state index contributed by atoms with van der Waals surface area (Å²) in [5.41, 5.74) is 1.06. The molecule has 96 valence electrons. The molecule has 17 heavy (non-hydrogen) atoms. The van der Waals surface area contributed by atoms with Crippen molar-refractivity contribution in [1.29, 1.82) is 0 Å². The summed E-state index contributed by atoms with van der Waals surface area (Å²) in [5, 5.41) is 9.87. The number of hydrogen-bond acceptors (Lipinski definition) is 3. The molecule has 1 atom stereocenters. The van der Waals surface area contributed by atoms with Crippen molar-refractivity contribution in [2.75, 3.05) is 7.11 Å². The molecule has 0 amide bonds. The van der Waals surface area contributed by atoms with Crippen molar-refractivity contribution in [2.45, 2.75) is 51.6 Å². The fourth-order valence-electron chi connectivity index (χ4n) is 1.83. The van der Waals surface area contributed by atoms with Crippen LogP contribution in [-0.4, -0.2) is 23.3 Å². The highest BCUT2D eigenvalue weighted by atomic mass is 16.5. The Morgan fingerprint density at radius 2 is 2.12 bits per heavy atom. The molecule has 1 unspecified atom stereocenters. The van der Waals surface area contributed by atoms with Crippen molar-refractivity contribution in [2.24, 2.45) is 0 Å². The molecule has 1 rings (SSSR count). The summed E-state index contributed by atoms with van der Waals surface area (Å²) in [6.45, 7) is 2.19. The average Bonchev–Trinajstić information content (AvgIpc) is 2.36. The normalized spacial score (nSPS) is 12.4. The van der Waals surface area contributed by atoms with Crippen molar-refractivity contribution in [3.05, 3.63) is 23.9 Å². The van der Waals surface area contributed by atoms with Crippen LogP contribution in [0.5, 0.6) is 5.88 Å². The van der Waals surface area contributed by atoms with Gasteiger partial charge in [-0.1, -0.05) is 38.7 Å². The molecular formula is C14H23NO2. The Labute approximate surface area is 104 Å². The van der Waals surface area contributed by atoms with Crippen LogP contribution in [0.25, 0.3) is 0 Å². The largest absolute Gasteiger partial charge is 0.481 e. The van der Waals surface area contributed by atoms with E-state index < -0.39 is 0 Å². The van der Waals surface area contributed by atoms with Crippen LogP contribution >= 0.6 is 0 Å². The molecular weight excluding hydrogens is 214 g/mol. The van der Waals surface area contributed by atoms with Crippen LogP contribution in [0.1, 0.15) is 44.6 Å². The maximum Gasteiger partial charge on any atom is 0.212 e. The van der Waals surface area contributed by atoms with E-state index in [9.17, 15) is 5.11 Å². The Hall–Kier alpha value is -1.09. The van der Waals surface area contributed by atoms with E-state index in [4.69, 9.17) is 4.74 Å². The number of aromatic nitrogens is 1. The van der Waals surface area contributed by atoms with Gasteiger partial charge in [-0.15, -0.1) is 0 Å². The average molecular weight is 237 g/mol. The van der Waals surface area contributed by atoms with E-state index in [2.05, 4.69) is 11.9 Å². The van der Waals surface area contributed by atoms with Crippen LogP contribution in [0, 0.1) is 0 Å². The summed E-state index contributed by atoms with van der Waals surface area (Å²) >= 11 is 0. The van der Waals surface area contributed by atoms with E-state index in [1.54, 1.807) is 13.3 Å². The summed E-state index contributed by atoms with van der Waals surface area (Å²) in [4.78, 5) is 4.13. The second-order valence-corrected chi connectivity index (χ2v) is 4.42. The van der Waals surface area contributed by atoms with Gasteiger partial charge in [-0.05, 0) is 18.4 Å². The highest BCUT2D eigenvalue weighted by Gasteiger charge is 2.05. The Balaban J connectivity index is 2.26. The van der Waals surface area contributed by atoms with Crippen LogP contribution in [0.15, 0.2) is 18.3 Å². The van der Waals surface area contributed by atoms with Crippen molar-refractivity contribution in [1.82, 2.24) is 4.98 Å². The first-order valence-corrected chi connectivity index (χ1v) is 6.43. The Morgan fingerprint density at radius 3 is 2.71 bits per heavy atom. The Kier molecular flexibility index (Phi) is 6.63. The fourth-order valence-corrected chi connectivity index (χ4v) is 1.83. The number of aliphatic hydroxyl groups excluding tert-OH is 1. The van der Waals surface area contributed by atoms with E-state index in [1.807, 2.05) is 12.1 Å². The van der Waals surface area contributed by atoms with E-state index >= 15 is 0 Å². The van der Waals surface area contributed by atoms with E-state index in [1.165, 1.54) is 19.3 Å². The third-order valence-electron chi connectivity index (χ3n) is 2.87. The van der Waals surface area contributed by atoms with E-state index in [0.29, 0.717) is 12.3 Å². The number of rotatable bonds is 8. The minimum absolute atomic E-state index is 0.248. The van der Waals surface area contributed by atoms with Crippen LogP contribution in [-0.2, 0) is 6.42 Å². The van der Waals surface area contributed by atoms with Gasteiger partial charge in [0, 0.05) is 12.3 Å². The van der Waals surface area contributed by atoms with Crippen LogP contribution in [0.2, 0.25) is 0 Å². The lowest BCUT2D eigenvalue weighted by molar-refractivity contribution is 0.161. The smallest absolute Gasteiger partial charge is 0.212 e. The third kappa shape index (κ3) is 5.68. The first-order valence-electron chi connectivity index (χ1n) is 6.43. The Bertz CT molecular complexity index is 298. The Morgan fingerprint density at radius 1 is 1.29 bits per heavy atom. The number of aliphatic hydroxyl groups is 1. The minimum Gasteiger partial charge on any atom is -0.481 e. The standard InChI is InChI=1S/C14H23NO2/c1-3-4-5-6-7-13(16)10-12-8-9-14(17-2)15-11-12/h8-9,11,13,16H,3-7,10H2,1-2H3. The fraction of sp³-hybridized carbons (Fsp3) is 0.643. The molecule has 3 heteroatoms. The predicted molar refractivity (Wildman–Crippen MR) is 69.3 cm³/mol. The monoisotopic (exact) mass is 237 g/mol. The number of pyridine rings is 1. The number of ether oxygens (including phenoxy) is 1. The van der Waals surface area contributed by atoms with Gasteiger partial charge in [0.2, 0.25) is 5.88 Å². The molecule has 0 spiro atoms. The van der Waals surface area contributed by atoms with Crippen molar-refractivity contribution in [3.63, 3.8) is 0 Å². The maximum absolute atomic E-state index is 9.87. The summed E-state index contributed by atoms with van der Waals surface area (Å²) < 4.78 is 4.99. The van der Waals surface area contributed by atoms with Crippen LogP contribution in [0.4, 0.5) is 0 Å². The molecule has 0 fully saturated rings. The second kappa shape index (κ2) is 8.07. The molecule has 0 saturated heterocycles. The van der Waals surface area contributed by atoms with Gasteiger partial charge < -0.3 is 9.84 Å². The third-order valence-corrected chi connectivity index (χ3v) is 2.87. The number of hydrogen-bond donors (Lipinski definition) is 1. The van der Waals surface area contributed by atoms with Gasteiger partial charge in [-0.2, -0.15) is 0 Å². The van der Waals surface area contributed by atoms with Crippen molar-refractivity contribution >= 4 is 0 Å². The van der Waals surface area contributed by atoms with Gasteiger partial charge in [0.05, 0.1) is 13.2 Å². The zero-order valence-corrected chi connectivity index (χ0v) is 10.9. The molecule has 0 bridgehead atoms. The topological polar surface area (TPSA) is 42.4 Å². The van der Waals surface area contributed by atoms with E-state index in [-0.39, 0.29) is 6.10 Å². The highest BCUT2D eigenvalue weighted by Crippen LogP contribution is 2.12. The molecule has 1 heterocycles. The molecule has 0 aromatic carbocycles. The summed E-state index contributed by atoms with van der Waals surface area (Å²) in [5.74, 6) is 0.617. The highest BCUT2D eigenvalue weighted by molar-refractivity contribution is 5.18. The van der Waals surface area contributed by atoms with Crippen molar-refractivity contribution < 1.29 is 9.84 Å². The first kappa shape index (κ1) is 14.0. The zero-order chi connectivity index (χ0) is 12.5. The van der Waals surface area contributed by atoms with Gasteiger partial charge >= 0.3 is 0 Å². The van der Waals surface area contributed by atoms with Crippen LogP contribution in [0.3, 0.4) is 0 Å². The summed E-state index contributed by atoms with van der Waals surface area (Å²) in [6, 6.07) is 3.79. The van der Waals surface area contributed by atoms with Gasteiger partial charge in [-0.3, -0.25) is 0 Å². The second-order valence-electron chi connectivity index (χ2n) is 4.42. The lowest BCUT2D eigenvalue weighted by atomic mass is 10.0. The molecule has 0 aliphatic rings. The number of unbranched alkanes of at least 4 members (excludes halogenated alkanes) is 3. The molecule has 0 aliphatic carbocycles. The SMILES string of the molecule is CCCCCCC(O)Cc1ccc(OC)nc1. The molecule has 0 radical (unpaired) electrons. The molecule has 1 aromatic heterocycles. The van der Waals surface area contributed by atoms with Crippen LogP contribution < -0.4 is 4.74 Å². The summed E-state index contributed by atoms with van der Waals surface area (Å²) in [6.07, 6.45) is 7.91. The molecule has 1 N–H and O–H groups in total. The minimum atomic E-state index is -0.248. The van der Waals surface area contributed by atoms with Gasteiger partial charge in [-0.25, -0.2) is 4.98 Å². The van der Waals surface area contributed by atoms with Gasteiger partial charge in [0.1, 0.15) is 0 Å². The zero-order valence-electron chi connectivity index (χ0n) is 10.9. The number of methoxy groups -OCH3 is 1. The van der Waals surface area contributed by atoms with E-state index in [0.717, 1.165) is 18.4 Å². The first-order chi connectivity index (χ1) is 8.26. The van der Waals surface area contributed by atoms with Crippen molar-refractivity contribution in [3.8, 4) is 5.88 Å². The molecule has 3 nitrogen and oxygen atoms in total. The quantitative estimate of drug-likeness (QED) is 0.707. The predicted octanol–water partition coefficient (Wildman–Crippen LogP) is 2.96. The van der Waals surface area contributed by atoms with Gasteiger partial charge in [0.15, 0.2) is 0 Å². The van der Waals surface area contributed by atoms with Gasteiger partial charge in [0.25, 0.3) is 0 Å². The molecule has 1 aromatic rings.